The van der Waals surface area contributed by atoms with Crippen LogP contribution in [0.2, 0.25) is 0 Å². The van der Waals surface area contributed by atoms with E-state index in [-0.39, 0.29) is 17.4 Å². The van der Waals surface area contributed by atoms with E-state index >= 15 is 0 Å². The van der Waals surface area contributed by atoms with Gasteiger partial charge < -0.3 is 19.5 Å². The minimum Gasteiger partial charge on any atom is -0.375 e. The Morgan fingerprint density at radius 1 is 1.25 bits per heavy atom. The molecule has 10 nitrogen and oxygen atoms in total. The van der Waals surface area contributed by atoms with Crippen molar-refractivity contribution in [2.75, 3.05) is 24.6 Å². The maximum atomic E-state index is 12.5. The molecule has 4 aromatic rings. The van der Waals surface area contributed by atoms with Crippen LogP contribution >= 0.6 is 0 Å². The van der Waals surface area contributed by atoms with Crippen LogP contribution in [0.4, 0.5) is 5.69 Å². The van der Waals surface area contributed by atoms with Crippen molar-refractivity contribution >= 4 is 17.1 Å². The average molecular weight is 490 g/mol. The summed E-state index contributed by atoms with van der Waals surface area (Å²) in [5.41, 5.74) is 5.64. The number of morpholine rings is 1. The molecule has 0 aliphatic carbocycles. The number of hydrogen-bond donors (Lipinski definition) is 1. The quantitative estimate of drug-likeness (QED) is 0.453. The summed E-state index contributed by atoms with van der Waals surface area (Å²) in [5.74, 6) is 0.0782. The molecular formula is C26H31N7O3. The molecule has 1 atom stereocenters. The second kappa shape index (κ2) is 9.34. The largest absolute Gasteiger partial charge is 0.375 e. The van der Waals surface area contributed by atoms with Gasteiger partial charge in [-0.15, -0.1) is 0 Å². The molecular weight excluding hydrogens is 458 g/mol. The number of anilines is 1. The van der Waals surface area contributed by atoms with Crippen LogP contribution in [0.1, 0.15) is 55.3 Å². The minimum absolute atomic E-state index is 0.0312. The zero-order valence-electron chi connectivity index (χ0n) is 21.3. The standard InChI is InChI=1S/C26H31N7O3/c1-16-10-18(6-7-19(16)12-27-23(34)24-30-25(31-36-24)26(3,4)5)22-21-11-20(14-33(21)29-15-28-22)32-8-9-35-17(2)13-32/h6-7,10-11,14-15,17H,8-9,12-13H2,1-5H3,(H,27,34). The molecule has 10 heteroatoms. The van der Waals surface area contributed by atoms with Crippen LogP contribution in [0, 0.1) is 6.92 Å². The van der Waals surface area contributed by atoms with Crippen molar-refractivity contribution in [2.24, 2.45) is 0 Å². The van der Waals surface area contributed by atoms with Crippen LogP contribution in [-0.2, 0) is 16.7 Å². The predicted octanol–water partition coefficient (Wildman–Crippen LogP) is 3.54. The predicted molar refractivity (Wildman–Crippen MR) is 135 cm³/mol. The normalized spacial score (nSPS) is 16.5. The maximum Gasteiger partial charge on any atom is 0.315 e. The van der Waals surface area contributed by atoms with Crippen LogP contribution < -0.4 is 10.2 Å². The highest BCUT2D eigenvalue weighted by Crippen LogP contribution is 2.29. The molecule has 1 saturated heterocycles. The van der Waals surface area contributed by atoms with Gasteiger partial charge in [0.2, 0.25) is 0 Å². The lowest BCUT2D eigenvalue weighted by Gasteiger charge is -2.31. The van der Waals surface area contributed by atoms with E-state index in [1.165, 1.54) is 0 Å². The van der Waals surface area contributed by atoms with Crippen LogP contribution in [-0.4, -0.2) is 56.4 Å². The van der Waals surface area contributed by atoms with E-state index in [0.29, 0.717) is 19.0 Å². The monoisotopic (exact) mass is 489 g/mol. The number of carbonyl (C=O) groups is 1. The van der Waals surface area contributed by atoms with Gasteiger partial charge >= 0.3 is 11.8 Å². The van der Waals surface area contributed by atoms with Gasteiger partial charge in [-0.25, -0.2) is 9.50 Å². The van der Waals surface area contributed by atoms with E-state index in [9.17, 15) is 4.79 Å². The number of nitrogens with zero attached hydrogens (tertiary/aromatic N) is 6. The summed E-state index contributed by atoms with van der Waals surface area (Å²) in [6.45, 7) is 12.8. The molecule has 0 saturated carbocycles. The van der Waals surface area contributed by atoms with Gasteiger partial charge in [-0.05, 0) is 37.1 Å². The van der Waals surface area contributed by atoms with Crippen LogP contribution in [0.15, 0.2) is 41.3 Å². The summed E-state index contributed by atoms with van der Waals surface area (Å²) < 4.78 is 12.7. The molecule has 4 heterocycles. The topological polar surface area (TPSA) is 111 Å². The fourth-order valence-corrected chi connectivity index (χ4v) is 4.28. The van der Waals surface area contributed by atoms with Crippen molar-refractivity contribution < 1.29 is 14.1 Å². The first-order valence-electron chi connectivity index (χ1n) is 12.1. The number of aryl methyl sites for hydroxylation is 1. The molecule has 1 aliphatic heterocycles. The number of aromatic nitrogens is 5. The van der Waals surface area contributed by atoms with Gasteiger partial charge in [0.15, 0.2) is 5.82 Å². The van der Waals surface area contributed by atoms with Crippen LogP contribution in [0.25, 0.3) is 16.8 Å². The number of nitrogens with one attached hydrogen (secondary N) is 1. The molecule has 0 radical (unpaired) electrons. The summed E-state index contributed by atoms with van der Waals surface area (Å²) in [6, 6.07) is 8.24. The minimum atomic E-state index is -0.392. The number of hydrogen-bond acceptors (Lipinski definition) is 8. The summed E-state index contributed by atoms with van der Waals surface area (Å²) in [7, 11) is 0. The van der Waals surface area contributed by atoms with Gasteiger partial charge in [-0.1, -0.05) is 38.1 Å². The number of amides is 1. The molecule has 188 valence electrons. The Kier molecular flexibility index (Phi) is 6.21. The second-order valence-corrected chi connectivity index (χ2v) is 10.3. The van der Waals surface area contributed by atoms with Gasteiger partial charge in [0.05, 0.1) is 35.8 Å². The third-order valence-corrected chi connectivity index (χ3v) is 6.34. The Labute approximate surface area is 209 Å². The molecule has 0 bridgehead atoms. The zero-order valence-corrected chi connectivity index (χ0v) is 21.3. The van der Waals surface area contributed by atoms with Gasteiger partial charge in [0.25, 0.3) is 0 Å². The van der Waals surface area contributed by atoms with Crippen molar-refractivity contribution in [3.05, 3.63) is 59.6 Å². The fourth-order valence-electron chi connectivity index (χ4n) is 4.28. The van der Waals surface area contributed by atoms with Gasteiger partial charge in [-0.3, -0.25) is 4.79 Å². The Hall–Kier alpha value is -3.79. The van der Waals surface area contributed by atoms with E-state index in [0.717, 1.165) is 46.7 Å². The molecule has 5 rings (SSSR count). The van der Waals surface area contributed by atoms with E-state index in [2.05, 4.69) is 49.5 Å². The molecule has 1 aromatic carbocycles. The molecule has 1 N–H and O–H groups in total. The van der Waals surface area contributed by atoms with Crippen molar-refractivity contribution in [3.8, 4) is 11.3 Å². The molecule has 3 aromatic heterocycles. The van der Waals surface area contributed by atoms with Gasteiger partial charge in [0.1, 0.15) is 6.33 Å². The zero-order chi connectivity index (χ0) is 25.4. The van der Waals surface area contributed by atoms with Crippen molar-refractivity contribution in [1.82, 2.24) is 30.1 Å². The summed E-state index contributed by atoms with van der Waals surface area (Å²) in [6.07, 6.45) is 3.81. The first kappa shape index (κ1) is 23.9. The summed E-state index contributed by atoms with van der Waals surface area (Å²) >= 11 is 0. The second-order valence-electron chi connectivity index (χ2n) is 10.3. The summed E-state index contributed by atoms with van der Waals surface area (Å²) in [4.78, 5) is 23.6. The summed E-state index contributed by atoms with van der Waals surface area (Å²) in [5, 5.41) is 11.2. The lowest BCUT2D eigenvalue weighted by Crippen LogP contribution is -2.40. The molecule has 1 amide bonds. The number of benzene rings is 1. The van der Waals surface area contributed by atoms with E-state index in [1.807, 2.05) is 50.5 Å². The number of carbonyl (C=O) groups excluding carboxylic acids is 1. The molecule has 1 aliphatic rings. The lowest BCUT2D eigenvalue weighted by molar-refractivity contribution is 0.0532. The highest BCUT2D eigenvalue weighted by atomic mass is 16.5. The van der Waals surface area contributed by atoms with Crippen molar-refractivity contribution in [1.29, 1.82) is 0 Å². The van der Waals surface area contributed by atoms with Crippen molar-refractivity contribution in [3.63, 3.8) is 0 Å². The molecule has 1 fully saturated rings. The smallest absolute Gasteiger partial charge is 0.315 e. The maximum absolute atomic E-state index is 12.5. The number of fused-ring (bicyclic) bond motifs is 1. The average Bonchev–Trinajstić information content (AvgIpc) is 3.51. The van der Waals surface area contributed by atoms with Crippen molar-refractivity contribution in [2.45, 2.75) is 52.7 Å². The Bertz CT molecular complexity index is 1400. The number of rotatable bonds is 5. The van der Waals surface area contributed by atoms with E-state index in [4.69, 9.17) is 9.26 Å². The molecule has 1 unspecified atom stereocenters. The Balaban J connectivity index is 1.33. The van der Waals surface area contributed by atoms with Gasteiger partial charge in [0, 0.05) is 30.6 Å². The van der Waals surface area contributed by atoms with Crippen LogP contribution in [0.3, 0.4) is 0 Å². The van der Waals surface area contributed by atoms with E-state index < -0.39 is 5.91 Å². The SMILES string of the molecule is Cc1cc(-c2ncnn3cc(N4CCOC(C)C4)cc23)ccc1CNC(=O)c1nc(C(C)(C)C)no1. The van der Waals surface area contributed by atoms with Crippen LogP contribution in [0.5, 0.6) is 0 Å². The fraction of sp³-hybridized carbons (Fsp3) is 0.423. The lowest BCUT2D eigenvalue weighted by atomic mass is 9.96. The highest BCUT2D eigenvalue weighted by molar-refractivity contribution is 5.89. The van der Waals surface area contributed by atoms with Gasteiger partial charge in [-0.2, -0.15) is 10.1 Å². The molecule has 0 spiro atoms. The third kappa shape index (κ3) is 4.81. The Morgan fingerprint density at radius 3 is 2.81 bits per heavy atom. The first-order valence-corrected chi connectivity index (χ1v) is 12.1. The first-order chi connectivity index (χ1) is 17.2. The van der Waals surface area contributed by atoms with E-state index in [1.54, 1.807) is 6.33 Å². The number of ether oxygens (including phenoxy) is 1. The highest BCUT2D eigenvalue weighted by Gasteiger charge is 2.24. The Morgan fingerprint density at radius 2 is 2.08 bits per heavy atom. The molecule has 36 heavy (non-hydrogen) atoms. The third-order valence-electron chi connectivity index (χ3n) is 6.34.